The van der Waals surface area contributed by atoms with E-state index >= 15 is 0 Å². The molecule has 0 aromatic heterocycles. The fraction of sp³-hybridized carbons (Fsp3) is 0.971. The van der Waals surface area contributed by atoms with Crippen LogP contribution in [0.2, 0.25) is 0 Å². The maximum Gasteiger partial charge on any atom is 0.245 e. The number of nitrogens with one attached hydrogen (secondary N) is 1. The summed E-state index contributed by atoms with van der Waals surface area (Å²) < 4.78 is 0. The number of carbonyl (C=O) groups is 2. The summed E-state index contributed by atoms with van der Waals surface area (Å²) in [6.45, 7) is 18.2. The largest absolute Gasteiger partial charge is 0.392 e. The summed E-state index contributed by atoms with van der Waals surface area (Å²) >= 11 is 0. The molecular formula is C68H136N4O6. The van der Waals surface area contributed by atoms with Gasteiger partial charge >= 0.3 is 0 Å². The van der Waals surface area contributed by atoms with Crippen LogP contribution in [0.3, 0.4) is 0 Å². The van der Waals surface area contributed by atoms with E-state index in [1.807, 2.05) is 0 Å². The van der Waals surface area contributed by atoms with Gasteiger partial charge in [0.1, 0.15) is 12.1 Å². The van der Waals surface area contributed by atoms with Crippen molar-refractivity contribution in [1.29, 1.82) is 0 Å². The number of aliphatic hydroxyl groups excluding tert-OH is 4. The number of β-amino-alcohol motifs (C(OH)–C–C–N with tert-alkyl or cyclic N) is 1. The first-order chi connectivity index (χ1) is 38.0. The number of piperazine rings is 1. The third-order valence-corrected chi connectivity index (χ3v) is 17.2. The molecule has 0 radical (unpaired) electrons. The number of carbonyl (C=O) groups excluding carboxylic acids is 2. The van der Waals surface area contributed by atoms with Gasteiger partial charge in [-0.15, -0.1) is 0 Å². The maximum absolute atomic E-state index is 14.5. The van der Waals surface area contributed by atoms with E-state index in [1.54, 1.807) is 4.90 Å². The highest BCUT2D eigenvalue weighted by molar-refractivity contribution is 5.97. The molecule has 1 heterocycles. The number of hydrogen-bond donors (Lipinski definition) is 5. The minimum absolute atomic E-state index is 0.0629. The van der Waals surface area contributed by atoms with E-state index in [2.05, 4.69) is 56.7 Å². The van der Waals surface area contributed by atoms with E-state index in [-0.39, 0.29) is 24.5 Å². The molecular weight excluding hydrogens is 969 g/mol. The summed E-state index contributed by atoms with van der Waals surface area (Å²) in [7, 11) is 0. The van der Waals surface area contributed by atoms with Gasteiger partial charge in [0, 0.05) is 32.7 Å². The van der Waals surface area contributed by atoms with Gasteiger partial charge in [0.15, 0.2) is 0 Å². The molecule has 7 atom stereocenters. The lowest BCUT2D eigenvalue weighted by Gasteiger charge is -2.40. The quantitative estimate of drug-likeness (QED) is 0.0380. The monoisotopic (exact) mass is 1110 g/mol. The number of nitrogens with zero attached hydrogens (tertiary/aromatic N) is 3. The number of hydrogen-bond acceptors (Lipinski definition) is 8. The van der Waals surface area contributed by atoms with Crippen molar-refractivity contribution < 1.29 is 30.0 Å². The molecule has 5 N–H and O–H groups in total. The highest BCUT2D eigenvalue weighted by atomic mass is 16.3. The van der Waals surface area contributed by atoms with Crippen molar-refractivity contribution in [1.82, 2.24) is 20.0 Å². The Morgan fingerprint density at radius 3 is 1.06 bits per heavy atom. The Kier molecular flexibility index (Phi) is 51.4. The Bertz CT molecular complexity index is 1260. The first-order valence-corrected chi connectivity index (χ1v) is 34.8. The van der Waals surface area contributed by atoms with Crippen molar-refractivity contribution in [3.8, 4) is 0 Å². The second-order valence-electron chi connectivity index (χ2n) is 25.3. The Morgan fingerprint density at radius 1 is 0.385 bits per heavy atom. The van der Waals surface area contributed by atoms with Crippen molar-refractivity contribution in [2.45, 2.75) is 373 Å². The molecule has 10 heteroatoms. The number of rotatable bonds is 60. The second-order valence-corrected chi connectivity index (χ2v) is 25.3. The molecule has 1 aliphatic heterocycles. The van der Waals surface area contributed by atoms with Gasteiger partial charge in [0.05, 0.1) is 24.4 Å². The molecule has 78 heavy (non-hydrogen) atoms. The highest BCUT2D eigenvalue weighted by Gasteiger charge is 2.40. The number of amides is 2. The molecule has 1 fully saturated rings. The van der Waals surface area contributed by atoms with Gasteiger partial charge in [0.2, 0.25) is 11.8 Å². The lowest BCUT2D eigenvalue weighted by atomic mass is 9.97. The van der Waals surface area contributed by atoms with Gasteiger partial charge in [-0.05, 0) is 89.6 Å². The second kappa shape index (κ2) is 53.7. The van der Waals surface area contributed by atoms with Crippen LogP contribution in [-0.4, -0.2) is 129 Å². The first kappa shape index (κ1) is 74.7. The Hall–Kier alpha value is -1.30. The number of unbranched alkanes of at least 4 members (excludes halogenated alkanes) is 32. The number of aliphatic hydroxyl groups is 4. The SMILES string of the molecule is CCCCCCCCCC(C)CN(CCCCC1NC(=O)C(CCCCN(CC(O)CCCCCCCCC)CC(O)CCCCCCCCC)N(CC(O)CCCCCCCCC)C1=O)CC(O)CCCCCCCCC. The zero-order valence-electron chi connectivity index (χ0n) is 53.0. The van der Waals surface area contributed by atoms with E-state index in [0.29, 0.717) is 44.8 Å². The average Bonchev–Trinajstić information content (AvgIpc) is 3.44. The van der Waals surface area contributed by atoms with Crippen LogP contribution in [0.4, 0.5) is 0 Å². The maximum atomic E-state index is 14.5. The van der Waals surface area contributed by atoms with Gasteiger partial charge in [-0.1, -0.05) is 266 Å². The third kappa shape index (κ3) is 42.5. The molecule has 0 bridgehead atoms. The van der Waals surface area contributed by atoms with Crippen molar-refractivity contribution >= 4 is 11.8 Å². The van der Waals surface area contributed by atoms with Crippen LogP contribution in [-0.2, 0) is 9.59 Å². The molecule has 0 saturated carbocycles. The normalized spacial score (nSPS) is 17.1. The Morgan fingerprint density at radius 2 is 0.692 bits per heavy atom. The molecule has 1 rings (SSSR count). The molecule has 0 spiro atoms. The topological polar surface area (TPSA) is 137 Å². The average molecular weight is 1110 g/mol. The lowest BCUT2D eigenvalue weighted by Crippen LogP contribution is -2.64. The van der Waals surface area contributed by atoms with Crippen LogP contribution in [0.1, 0.15) is 337 Å². The zero-order valence-corrected chi connectivity index (χ0v) is 53.0. The smallest absolute Gasteiger partial charge is 0.245 e. The van der Waals surface area contributed by atoms with Gasteiger partial charge in [0.25, 0.3) is 0 Å². The van der Waals surface area contributed by atoms with E-state index in [1.165, 1.54) is 186 Å². The molecule has 464 valence electrons. The van der Waals surface area contributed by atoms with Crippen molar-refractivity contribution in [2.24, 2.45) is 5.92 Å². The summed E-state index contributed by atoms with van der Waals surface area (Å²) in [6, 6.07) is -1.22. The molecule has 2 amide bonds. The summed E-state index contributed by atoms with van der Waals surface area (Å²) in [6.07, 6.45) is 49.8. The molecule has 0 aromatic rings. The Labute approximate surface area is 485 Å². The van der Waals surface area contributed by atoms with Crippen LogP contribution in [0, 0.1) is 5.92 Å². The van der Waals surface area contributed by atoms with Crippen molar-refractivity contribution in [3.63, 3.8) is 0 Å². The summed E-state index contributed by atoms with van der Waals surface area (Å²) in [5.41, 5.74) is 0. The fourth-order valence-corrected chi connectivity index (χ4v) is 12.2. The third-order valence-electron chi connectivity index (χ3n) is 17.2. The fourth-order valence-electron chi connectivity index (χ4n) is 12.2. The summed E-state index contributed by atoms with van der Waals surface area (Å²) in [5.74, 6) is 0.389. The predicted octanol–water partition coefficient (Wildman–Crippen LogP) is 16.4. The molecule has 10 nitrogen and oxygen atoms in total. The van der Waals surface area contributed by atoms with Crippen LogP contribution >= 0.6 is 0 Å². The van der Waals surface area contributed by atoms with Crippen molar-refractivity contribution in [3.05, 3.63) is 0 Å². The van der Waals surface area contributed by atoms with Gasteiger partial charge in [-0.2, -0.15) is 0 Å². The van der Waals surface area contributed by atoms with Crippen LogP contribution in [0.25, 0.3) is 0 Å². The van der Waals surface area contributed by atoms with Gasteiger partial charge in [-0.25, -0.2) is 0 Å². The van der Waals surface area contributed by atoms with Crippen molar-refractivity contribution in [2.75, 3.05) is 45.8 Å². The van der Waals surface area contributed by atoms with Crippen LogP contribution in [0.15, 0.2) is 0 Å². The molecule has 0 aromatic carbocycles. The standard InChI is InChI=1S/C68H136N4O6/c1-7-12-17-22-27-32-37-46-60(6)55-70(56-61(73)47-38-33-28-23-18-13-8-2)53-44-42-51-65-68(78)72(59-64(76)50-41-36-31-26-21-16-11-5)66(67(77)69-65)52-43-45-54-71(57-62(74)48-39-34-29-24-19-14-9-3)58-63(75)49-40-35-30-25-20-15-10-4/h60-66,73-76H,7-59H2,1-6H3,(H,69,77). The van der Waals surface area contributed by atoms with E-state index in [0.717, 1.165) is 110 Å². The molecule has 7 unspecified atom stereocenters. The predicted molar refractivity (Wildman–Crippen MR) is 334 cm³/mol. The minimum Gasteiger partial charge on any atom is -0.392 e. The van der Waals surface area contributed by atoms with E-state index in [9.17, 15) is 30.0 Å². The molecule has 0 aliphatic carbocycles. The van der Waals surface area contributed by atoms with E-state index < -0.39 is 30.4 Å². The van der Waals surface area contributed by atoms with Gasteiger partial charge < -0.3 is 35.5 Å². The Balaban J connectivity index is 3.03. The zero-order chi connectivity index (χ0) is 57.1. The lowest BCUT2D eigenvalue weighted by molar-refractivity contribution is -0.151. The molecule has 1 aliphatic rings. The van der Waals surface area contributed by atoms with Gasteiger partial charge in [-0.3, -0.25) is 14.5 Å². The summed E-state index contributed by atoms with van der Waals surface area (Å²) in [5, 5.41) is 48.3. The van der Waals surface area contributed by atoms with Crippen LogP contribution in [0.5, 0.6) is 0 Å². The summed E-state index contributed by atoms with van der Waals surface area (Å²) in [4.78, 5) is 35.2. The van der Waals surface area contributed by atoms with Crippen LogP contribution < -0.4 is 5.32 Å². The van der Waals surface area contributed by atoms with E-state index in [4.69, 9.17) is 0 Å². The highest BCUT2D eigenvalue weighted by Crippen LogP contribution is 2.23. The minimum atomic E-state index is -0.672. The molecule has 1 saturated heterocycles. The first-order valence-electron chi connectivity index (χ1n) is 34.8.